The lowest BCUT2D eigenvalue weighted by Gasteiger charge is -2.30. The van der Waals surface area contributed by atoms with E-state index in [0.717, 1.165) is 24.8 Å². The summed E-state index contributed by atoms with van der Waals surface area (Å²) in [4.78, 5) is 23.7. The Hall–Kier alpha value is -1.55. The fraction of sp³-hybridized carbons (Fsp3) is 0.529. The van der Waals surface area contributed by atoms with Crippen LogP contribution in [-0.4, -0.2) is 18.4 Å². The van der Waals surface area contributed by atoms with Crippen molar-refractivity contribution in [3.05, 3.63) is 34.9 Å². The number of benzene rings is 1. The molecule has 3 rings (SSSR count). The van der Waals surface area contributed by atoms with Gasteiger partial charge in [-0.15, -0.1) is 0 Å². The summed E-state index contributed by atoms with van der Waals surface area (Å²) in [5.74, 6) is -1.89. The Morgan fingerprint density at radius 2 is 1.95 bits per heavy atom. The monoisotopic (exact) mass is 320 g/mol. The number of nitrogens with one attached hydrogen (secondary N) is 1. The highest BCUT2D eigenvalue weighted by Crippen LogP contribution is 2.52. The van der Waals surface area contributed by atoms with E-state index in [1.807, 2.05) is 24.3 Å². The largest absolute Gasteiger partial charge is 0.550 e. The maximum Gasteiger partial charge on any atom is 0.224 e. The highest BCUT2D eigenvalue weighted by molar-refractivity contribution is 6.30. The second-order valence-corrected chi connectivity index (χ2v) is 6.81. The molecule has 1 aromatic rings. The average Bonchev–Trinajstić information content (AvgIpc) is 3.07. The Morgan fingerprint density at radius 3 is 2.64 bits per heavy atom. The molecule has 2 aliphatic carbocycles. The van der Waals surface area contributed by atoms with Crippen molar-refractivity contribution in [1.82, 2.24) is 5.32 Å². The topological polar surface area (TPSA) is 69.2 Å². The molecular formula is C17H19ClNO3-. The number of carboxylic acid groups (broad SMARTS) is 1. The minimum absolute atomic E-state index is 0.124. The second kappa shape index (κ2) is 6.29. The summed E-state index contributed by atoms with van der Waals surface area (Å²) in [6.45, 7) is 0.493. The van der Waals surface area contributed by atoms with Crippen LogP contribution in [0, 0.1) is 23.7 Å². The molecule has 0 unspecified atom stereocenters. The maximum absolute atomic E-state index is 12.4. The number of aliphatic carboxylic acids is 1. The Kier molecular flexibility index (Phi) is 4.39. The first-order chi connectivity index (χ1) is 10.6. The van der Waals surface area contributed by atoms with Crippen LogP contribution in [0.5, 0.6) is 0 Å². The molecule has 2 aliphatic rings. The van der Waals surface area contributed by atoms with Crippen molar-refractivity contribution in [2.75, 3.05) is 6.54 Å². The van der Waals surface area contributed by atoms with E-state index in [-0.39, 0.29) is 17.7 Å². The van der Waals surface area contributed by atoms with Crippen molar-refractivity contribution in [1.29, 1.82) is 0 Å². The molecule has 4 nitrogen and oxygen atoms in total. The second-order valence-electron chi connectivity index (χ2n) is 6.37. The summed E-state index contributed by atoms with van der Waals surface area (Å²) < 4.78 is 0. The number of carboxylic acids is 1. The van der Waals surface area contributed by atoms with Crippen molar-refractivity contribution in [2.45, 2.75) is 25.7 Å². The zero-order chi connectivity index (χ0) is 15.7. The average molecular weight is 321 g/mol. The number of rotatable bonds is 5. The lowest BCUT2D eigenvalue weighted by molar-refractivity contribution is -0.314. The van der Waals surface area contributed by atoms with E-state index in [1.165, 1.54) is 0 Å². The van der Waals surface area contributed by atoms with Crippen LogP contribution in [0.1, 0.15) is 24.8 Å². The lowest BCUT2D eigenvalue weighted by Crippen LogP contribution is -2.46. The van der Waals surface area contributed by atoms with Gasteiger partial charge >= 0.3 is 0 Å². The Bertz CT molecular complexity index is 589. The zero-order valence-corrected chi connectivity index (χ0v) is 13.0. The first-order valence-corrected chi connectivity index (χ1v) is 8.17. The van der Waals surface area contributed by atoms with Gasteiger partial charge in [0.25, 0.3) is 0 Å². The number of fused-ring (bicyclic) bond motifs is 2. The quantitative estimate of drug-likeness (QED) is 0.892. The molecule has 118 valence electrons. The van der Waals surface area contributed by atoms with Gasteiger partial charge in [0.1, 0.15) is 0 Å². The molecule has 0 heterocycles. The van der Waals surface area contributed by atoms with Crippen LogP contribution in [0.4, 0.5) is 0 Å². The minimum Gasteiger partial charge on any atom is -0.550 e. The van der Waals surface area contributed by atoms with Gasteiger partial charge < -0.3 is 15.2 Å². The first-order valence-electron chi connectivity index (χ1n) is 7.79. The molecule has 0 spiro atoms. The number of carbonyl (C=O) groups excluding carboxylic acids is 2. The minimum atomic E-state index is -1.07. The van der Waals surface area contributed by atoms with Crippen LogP contribution in [0.3, 0.4) is 0 Å². The summed E-state index contributed by atoms with van der Waals surface area (Å²) in [7, 11) is 0. The third-order valence-electron chi connectivity index (χ3n) is 5.09. The molecule has 0 aliphatic heterocycles. The Morgan fingerprint density at radius 1 is 1.23 bits per heavy atom. The Labute approximate surface area is 134 Å². The fourth-order valence-electron chi connectivity index (χ4n) is 4.15. The number of hydrogen-bond donors (Lipinski definition) is 1. The first kappa shape index (κ1) is 15.3. The summed E-state index contributed by atoms with van der Waals surface area (Å²) in [5, 5.41) is 14.9. The van der Waals surface area contributed by atoms with Crippen molar-refractivity contribution < 1.29 is 14.7 Å². The van der Waals surface area contributed by atoms with E-state index >= 15 is 0 Å². The molecule has 5 heteroatoms. The predicted molar refractivity (Wildman–Crippen MR) is 81.0 cm³/mol. The van der Waals surface area contributed by atoms with Crippen LogP contribution in [0.15, 0.2) is 24.3 Å². The number of carbonyl (C=O) groups is 2. The van der Waals surface area contributed by atoms with Crippen LogP contribution in [-0.2, 0) is 16.0 Å². The molecule has 1 N–H and O–H groups in total. The van der Waals surface area contributed by atoms with Crippen molar-refractivity contribution >= 4 is 23.5 Å². The van der Waals surface area contributed by atoms with Gasteiger partial charge in [-0.2, -0.15) is 0 Å². The normalized spacial score (nSPS) is 29.5. The molecule has 2 saturated carbocycles. The van der Waals surface area contributed by atoms with E-state index in [4.69, 9.17) is 11.6 Å². The van der Waals surface area contributed by atoms with E-state index in [0.29, 0.717) is 18.0 Å². The van der Waals surface area contributed by atoms with Crippen LogP contribution < -0.4 is 10.4 Å². The van der Waals surface area contributed by atoms with Gasteiger partial charge in [0, 0.05) is 29.4 Å². The van der Waals surface area contributed by atoms with Gasteiger partial charge in [-0.05, 0) is 55.2 Å². The van der Waals surface area contributed by atoms with Crippen LogP contribution >= 0.6 is 11.6 Å². The number of halogens is 1. The van der Waals surface area contributed by atoms with E-state index < -0.39 is 17.8 Å². The fourth-order valence-corrected chi connectivity index (χ4v) is 4.36. The Balaban J connectivity index is 1.56. The summed E-state index contributed by atoms with van der Waals surface area (Å²) in [6, 6.07) is 7.51. The van der Waals surface area contributed by atoms with E-state index in [2.05, 4.69) is 5.32 Å². The highest BCUT2D eigenvalue weighted by Gasteiger charge is 2.51. The molecule has 2 fully saturated rings. The summed E-state index contributed by atoms with van der Waals surface area (Å²) >= 11 is 5.93. The van der Waals surface area contributed by atoms with Crippen molar-refractivity contribution in [3.63, 3.8) is 0 Å². The number of hydrogen-bond acceptors (Lipinski definition) is 3. The molecule has 22 heavy (non-hydrogen) atoms. The third-order valence-corrected chi connectivity index (χ3v) is 5.33. The van der Waals surface area contributed by atoms with Crippen LogP contribution in [0.2, 0.25) is 5.02 Å². The van der Waals surface area contributed by atoms with Gasteiger partial charge in [0.15, 0.2) is 0 Å². The van der Waals surface area contributed by atoms with Crippen LogP contribution in [0.25, 0.3) is 0 Å². The SMILES string of the molecule is O=C(NCCc1cccc(Cl)c1)[C@@H]1[C@H]2CC[C@@H](C2)[C@@H]1C(=O)[O-]. The van der Waals surface area contributed by atoms with Gasteiger partial charge in [-0.25, -0.2) is 0 Å². The third kappa shape index (κ3) is 2.98. The molecule has 0 saturated heterocycles. The molecule has 4 atom stereocenters. The van der Waals surface area contributed by atoms with E-state index in [9.17, 15) is 14.7 Å². The van der Waals surface area contributed by atoms with Gasteiger partial charge in [0.05, 0.1) is 0 Å². The lowest BCUT2D eigenvalue weighted by atomic mass is 9.78. The molecule has 2 bridgehead atoms. The predicted octanol–water partition coefficient (Wildman–Crippen LogP) is 1.41. The number of amides is 1. The summed E-state index contributed by atoms with van der Waals surface area (Å²) in [6.07, 6.45) is 3.41. The maximum atomic E-state index is 12.4. The van der Waals surface area contributed by atoms with E-state index in [1.54, 1.807) is 0 Å². The summed E-state index contributed by atoms with van der Waals surface area (Å²) in [5.41, 5.74) is 1.05. The van der Waals surface area contributed by atoms with Crippen molar-refractivity contribution in [2.24, 2.45) is 23.7 Å². The molecule has 1 aromatic carbocycles. The molecule has 1 amide bonds. The smallest absolute Gasteiger partial charge is 0.224 e. The molecular weight excluding hydrogens is 302 g/mol. The molecule has 0 aromatic heterocycles. The van der Waals surface area contributed by atoms with Gasteiger partial charge in [0.2, 0.25) is 5.91 Å². The van der Waals surface area contributed by atoms with Gasteiger partial charge in [-0.3, -0.25) is 4.79 Å². The standard InChI is InChI=1S/C17H20ClNO3/c18-13-3-1-2-10(8-13)6-7-19-16(20)14-11-4-5-12(9-11)15(14)17(21)22/h1-3,8,11-12,14-15H,4-7,9H2,(H,19,20)(H,21,22)/p-1/t11-,12-,14+,15-/m0/s1. The van der Waals surface area contributed by atoms with Gasteiger partial charge in [-0.1, -0.05) is 23.7 Å². The highest BCUT2D eigenvalue weighted by atomic mass is 35.5. The molecule has 0 radical (unpaired) electrons. The zero-order valence-electron chi connectivity index (χ0n) is 12.3. The van der Waals surface area contributed by atoms with Crippen molar-refractivity contribution in [3.8, 4) is 0 Å².